The third-order valence-electron chi connectivity index (χ3n) is 4.96. The van der Waals surface area contributed by atoms with Gasteiger partial charge in [-0.1, -0.05) is 6.92 Å². The lowest BCUT2D eigenvalue weighted by Gasteiger charge is -2.24. The van der Waals surface area contributed by atoms with Gasteiger partial charge in [0.2, 0.25) is 0 Å². The second-order valence-electron chi connectivity index (χ2n) is 6.52. The second kappa shape index (κ2) is 9.09. The molecule has 1 amide bonds. The zero-order chi connectivity index (χ0) is 18.4. The van der Waals surface area contributed by atoms with Gasteiger partial charge in [0.25, 0.3) is 5.91 Å². The summed E-state index contributed by atoms with van der Waals surface area (Å²) < 4.78 is 11.6. The van der Waals surface area contributed by atoms with Crippen molar-refractivity contribution >= 4 is 5.91 Å². The summed E-state index contributed by atoms with van der Waals surface area (Å²) in [5.74, 6) is 1.09. The molecule has 0 aliphatic heterocycles. The molecular weight excluding hydrogens is 318 g/mol. The van der Waals surface area contributed by atoms with Crippen molar-refractivity contribution in [1.82, 2.24) is 4.90 Å². The van der Waals surface area contributed by atoms with Crippen molar-refractivity contribution in [2.75, 3.05) is 20.2 Å². The fourth-order valence-corrected chi connectivity index (χ4v) is 3.38. The predicted molar refractivity (Wildman–Crippen MR) is 98.4 cm³/mol. The minimum absolute atomic E-state index is 0.0774. The fraction of sp³-hybridized carbons (Fsp3) is 0.650. The summed E-state index contributed by atoms with van der Waals surface area (Å²) in [4.78, 5) is 14.7. The van der Waals surface area contributed by atoms with Crippen LogP contribution in [0.2, 0.25) is 0 Å². The average Bonchev–Trinajstić information content (AvgIpc) is 3.14. The first-order valence-electron chi connectivity index (χ1n) is 9.41. The van der Waals surface area contributed by atoms with Crippen molar-refractivity contribution in [1.29, 1.82) is 0 Å². The maximum atomic E-state index is 13.0. The van der Waals surface area contributed by atoms with Crippen LogP contribution in [0.1, 0.15) is 74.9 Å². The monoisotopic (exact) mass is 349 g/mol. The molecule has 0 saturated heterocycles. The van der Waals surface area contributed by atoms with E-state index in [1.165, 1.54) is 12.8 Å². The number of hydrogen-bond acceptors (Lipinski definition) is 4. The number of methoxy groups -OCH3 is 1. The van der Waals surface area contributed by atoms with Gasteiger partial charge in [0.15, 0.2) is 11.5 Å². The van der Waals surface area contributed by atoms with Gasteiger partial charge in [0, 0.05) is 18.7 Å². The normalized spacial score (nSPS) is 15.9. The van der Waals surface area contributed by atoms with E-state index in [4.69, 9.17) is 9.47 Å². The van der Waals surface area contributed by atoms with Gasteiger partial charge in [-0.05, 0) is 63.6 Å². The van der Waals surface area contributed by atoms with Gasteiger partial charge < -0.3 is 19.5 Å². The summed E-state index contributed by atoms with van der Waals surface area (Å²) in [5, 5.41) is 10.4. The number of benzene rings is 1. The summed E-state index contributed by atoms with van der Waals surface area (Å²) >= 11 is 0. The molecule has 0 aromatic heterocycles. The van der Waals surface area contributed by atoms with E-state index in [0.717, 1.165) is 12.8 Å². The van der Waals surface area contributed by atoms with Gasteiger partial charge in [-0.15, -0.1) is 0 Å². The first-order valence-corrected chi connectivity index (χ1v) is 9.41. The molecule has 1 fully saturated rings. The minimum atomic E-state index is -0.705. The van der Waals surface area contributed by atoms with E-state index in [1.54, 1.807) is 24.1 Å². The Morgan fingerprint density at radius 1 is 1.20 bits per heavy atom. The lowest BCUT2D eigenvalue weighted by atomic mass is 9.98. The molecule has 5 nitrogen and oxygen atoms in total. The van der Waals surface area contributed by atoms with Crippen molar-refractivity contribution in [2.24, 2.45) is 0 Å². The molecule has 2 rings (SSSR count). The van der Waals surface area contributed by atoms with Crippen LogP contribution in [0.25, 0.3) is 0 Å². The molecule has 1 aliphatic carbocycles. The van der Waals surface area contributed by atoms with E-state index >= 15 is 0 Å². The van der Waals surface area contributed by atoms with Gasteiger partial charge in [-0.2, -0.15) is 0 Å². The first kappa shape index (κ1) is 19.6. The lowest BCUT2D eigenvalue weighted by molar-refractivity contribution is 0.0763. The van der Waals surface area contributed by atoms with Crippen LogP contribution in [-0.4, -0.2) is 42.2 Å². The molecule has 1 unspecified atom stereocenters. The Balaban J connectivity index is 2.46. The molecule has 1 atom stereocenters. The number of aliphatic hydroxyl groups excluding tert-OH is 1. The number of carbonyl (C=O) groups is 1. The van der Waals surface area contributed by atoms with Crippen LogP contribution >= 0.6 is 0 Å². The maximum absolute atomic E-state index is 13.0. The lowest BCUT2D eigenvalue weighted by Crippen LogP contribution is -2.31. The van der Waals surface area contributed by atoms with E-state index in [0.29, 0.717) is 42.1 Å². The number of aliphatic hydroxyl groups is 1. The van der Waals surface area contributed by atoms with Crippen LogP contribution < -0.4 is 9.47 Å². The van der Waals surface area contributed by atoms with Crippen molar-refractivity contribution in [3.63, 3.8) is 0 Å². The molecule has 0 bridgehead atoms. The number of nitrogens with zero attached hydrogens (tertiary/aromatic N) is 1. The van der Waals surface area contributed by atoms with Crippen molar-refractivity contribution in [2.45, 2.75) is 65.1 Å². The Bertz CT molecular complexity index is 577. The van der Waals surface area contributed by atoms with Crippen LogP contribution in [0.15, 0.2) is 12.1 Å². The smallest absolute Gasteiger partial charge is 0.254 e. The van der Waals surface area contributed by atoms with Gasteiger partial charge in [0.05, 0.1) is 19.3 Å². The van der Waals surface area contributed by atoms with E-state index in [2.05, 4.69) is 0 Å². The van der Waals surface area contributed by atoms with Crippen molar-refractivity contribution in [3.05, 3.63) is 23.3 Å². The Hall–Kier alpha value is -1.75. The second-order valence-corrected chi connectivity index (χ2v) is 6.52. The molecule has 0 heterocycles. The maximum Gasteiger partial charge on any atom is 0.254 e. The Morgan fingerprint density at radius 2 is 1.84 bits per heavy atom. The molecular formula is C20H31NO4. The highest BCUT2D eigenvalue weighted by molar-refractivity contribution is 5.96. The highest BCUT2D eigenvalue weighted by Gasteiger charge is 2.25. The average molecular weight is 349 g/mol. The van der Waals surface area contributed by atoms with E-state index < -0.39 is 6.10 Å². The zero-order valence-corrected chi connectivity index (χ0v) is 15.9. The van der Waals surface area contributed by atoms with Crippen LogP contribution in [-0.2, 0) is 0 Å². The first-order chi connectivity index (χ1) is 12.0. The topological polar surface area (TPSA) is 59.0 Å². The molecule has 1 aromatic carbocycles. The standard InChI is InChI=1S/C20H31NO4/c1-5-17(22)15-12-18(24-4)19(25-14-10-8-9-11-14)13-16(15)20(23)21(6-2)7-3/h12-14,17,22H,5-11H2,1-4H3. The summed E-state index contributed by atoms with van der Waals surface area (Å²) in [6.45, 7) is 7.06. The van der Waals surface area contributed by atoms with Crippen LogP contribution in [0.4, 0.5) is 0 Å². The largest absolute Gasteiger partial charge is 0.493 e. The number of hydrogen-bond donors (Lipinski definition) is 1. The number of rotatable bonds is 8. The van der Waals surface area contributed by atoms with Crippen molar-refractivity contribution in [3.8, 4) is 11.5 Å². The Morgan fingerprint density at radius 3 is 2.36 bits per heavy atom. The van der Waals surface area contributed by atoms with Crippen LogP contribution in [0, 0.1) is 0 Å². The van der Waals surface area contributed by atoms with Crippen molar-refractivity contribution < 1.29 is 19.4 Å². The molecule has 1 aromatic rings. The van der Waals surface area contributed by atoms with Crippen LogP contribution in [0.3, 0.4) is 0 Å². The van der Waals surface area contributed by atoms with Gasteiger partial charge in [-0.25, -0.2) is 0 Å². The fourth-order valence-electron chi connectivity index (χ4n) is 3.38. The highest BCUT2D eigenvalue weighted by atomic mass is 16.5. The van der Waals surface area contributed by atoms with E-state index in [-0.39, 0.29) is 12.0 Å². The quantitative estimate of drug-likeness (QED) is 0.772. The van der Waals surface area contributed by atoms with E-state index in [1.807, 2.05) is 20.8 Å². The van der Waals surface area contributed by atoms with Crippen LogP contribution in [0.5, 0.6) is 11.5 Å². The molecule has 0 radical (unpaired) electrons. The predicted octanol–water partition coefficient (Wildman–Crippen LogP) is 3.94. The summed E-state index contributed by atoms with van der Waals surface area (Å²) in [6, 6.07) is 3.52. The molecule has 1 saturated carbocycles. The number of amides is 1. The Kier molecular flexibility index (Phi) is 7.12. The number of ether oxygens (including phenoxy) is 2. The molecule has 5 heteroatoms. The molecule has 25 heavy (non-hydrogen) atoms. The zero-order valence-electron chi connectivity index (χ0n) is 15.9. The van der Waals surface area contributed by atoms with Gasteiger partial charge in [-0.3, -0.25) is 4.79 Å². The summed E-state index contributed by atoms with van der Waals surface area (Å²) in [5.41, 5.74) is 1.11. The highest BCUT2D eigenvalue weighted by Crippen LogP contribution is 2.37. The number of carbonyl (C=O) groups excluding carboxylic acids is 1. The third-order valence-corrected chi connectivity index (χ3v) is 4.96. The minimum Gasteiger partial charge on any atom is -0.493 e. The SMILES string of the molecule is CCC(O)c1cc(OC)c(OC2CCCC2)cc1C(=O)N(CC)CC. The third kappa shape index (κ3) is 4.46. The molecule has 0 spiro atoms. The summed E-state index contributed by atoms with van der Waals surface area (Å²) in [6.07, 6.45) is 4.40. The molecule has 1 aliphatic rings. The van der Waals surface area contributed by atoms with Gasteiger partial charge >= 0.3 is 0 Å². The van der Waals surface area contributed by atoms with E-state index in [9.17, 15) is 9.90 Å². The molecule has 140 valence electrons. The Labute approximate surface area is 150 Å². The van der Waals surface area contributed by atoms with Gasteiger partial charge in [0.1, 0.15) is 0 Å². The molecule has 1 N–H and O–H groups in total. The summed E-state index contributed by atoms with van der Waals surface area (Å²) in [7, 11) is 1.59.